The van der Waals surface area contributed by atoms with Crippen LogP contribution in [0.4, 0.5) is 17.2 Å². The minimum atomic E-state index is 0.905. The molecular weight excluding hydrogens is 484 g/mol. The highest BCUT2D eigenvalue weighted by molar-refractivity contribution is 6.21. The highest BCUT2D eigenvalue weighted by atomic mass is 15.2. The zero-order valence-corrected chi connectivity index (χ0v) is 22.3. The summed E-state index contributed by atoms with van der Waals surface area (Å²) in [4.78, 5) is 7.07. The summed E-state index contributed by atoms with van der Waals surface area (Å²) in [6.45, 7) is 2.03. The van der Waals surface area contributed by atoms with Gasteiger partial charge < -0.3 is 0 Å². The minimum absolute atomic E-state index is 0.905. The van der Waals surface area contributed by atoms with Crippen molar-refractivity contribution in [2.45, 2.75) is 6.92 Å². The molecule has 0 N–H and O–H groups in total. The van der Waals surface area contributed by atoms with Gasteiger partial charge in [-0.2, -0.15) is 0 Å². The van der Waals surface area contributed by atoms with Crippen molar-refractivity contribution in [3.63, 3.8) is 0 Å². The largest absolute Gasteiger partial charge is 0.295 e. The maximum atomic E-state index is 4.85. The summed E-state index contributed by atoms with van der Waals surface area (Å²) in [5.74, 6) is 0.905. The lowest BCUT2D eigenvalue weighted by atomic mass is 9.86. The molecule has 0 atom stereocenters. The number of pyridine rings is 1. The normalized spacial score (nSPS) is 11.1. The minimum Gasteiger partial charge on any atom is -0.295 e. The van der Waals surface area contributed by atoms with E-state index in [0.717, 1.165) is 22.9 Å². The zero-order valence-electron chi connectivity index (χ0n) is 22.3. The molecule has 0 saturated heterocycles. The van der Waals surface area contributed by atoms with Gasteiger partial charge in [0.25, 0.3) is 0 Å². The van der Waals surface area contributed by atoms with Crippen molar-refractivity contribution in [1.82, 2.24) is 4.98 Å². The molecule has 0 spiro atoms. The Kier molecular flexibility index (Phi) is 6.07. The van der Waals surface area contributed by atoms with Gasteiger partial charge >= 0.3 is 0 Å². The Balaban J connectivity index is 1.43. The molecule has 40 heavy (non-hydrogen) atoms. The summed E-state index contributed by atoms with van der Waals surface area (Å²) < 4.78 is 0. The van der Waals surface area contributed by atoms with Crippen molar-refractivity contribution in [2.75, 3.05) is 4.90 Å². The van der Waals surface area contributed by atoms with E-state index in [9.17, 15) is 0 Å². The molecule has 2 heteroatoms. The van der Waals surface area contributed by atoms with Crippen LogP contribution in [0.1, 0.15) is 5.69 Å². The lowest BCUT2D eigenvalue weighted by Gasteiger charge is -2.25. The Hall–Kier alpha value is -5.21. The Labute approximate surface area is 234 Å². The van der Waals surface area contributed by atoms with E-state index < -0.39 is 0 Å². The number of para-hydroxylation sites is 1. The van der Waals surface area contributed by atoms with Crippen molar-refractivity contribution in [3.05, 3.63) is 157 Å². The molecule has 0 fully saturated rings. The first-order valence-electron chi connectivity index (χ1n) is 13.7. The third-order valence-corrected chi connectivity index (χ3v) is 7.53. The van der Waals surface area contributed by atoms with Crippen LogP contribution < -0.4 is 4.90 Å². The molecule has 0 radical (unpaired) electrons. The third kappa shape index (κ3) is 4.20. The van der Waals surface area contributed by atoms with Crippen LogP contribution in [-0.2, 0) is 0 Å². The van der Waals surface area contributed by atoms with Gasteiger partial charge in [0.2, 0.25) is 0 Å². The van der Waals surface area contributed by atoms with Crippen molar-refractivity contribution < 1.29 is 0 Å². The molecule has 7 rings (SSSR count). The van der Waals surface area contributed by atoms with Crippen LogP contribution >= 0.6 is 0 Å². The van der Waals surface area contributed by atoms with E-state index in [2.05, 4.69) is 144 Å². The van der Waals surface area contributed by atoms with Gasteiger partial charge in [-0.1, -0.05) is 115 Å². The van der Waals surface area contributed by atoms with Gasteiger partial charge in [0, 0.05) is 17.1 Å². The summed E-state index contributed by atoms with van der Waals surface area (Å²) in [5.41, 5.74) is 8.12. The standard InChI is InChI=1S/C38H28N2/c1-27-13-12-22-36(39-27)40(30-16-6-3-7-17-30)31-25-23-29(24-26-31)38-34-20-10-8-18-32(34)37(28-14-4-2-5-15-28)33-19-9-11-21-35(33)38/h2-26H,1H3. The van der Waals surface area contributed by atoms with Crippen molar-refractivity contribution in [1.29, 1.82) is 0 Å². The molecule has 0 bridgehead atoms. The molecule has 0 unspecified atom stereocenters. The topological polar surface area (TPSA) is 16.1 Å². The number of hydrogen-bond acceptors (Lipinski definition) is 2. The van der Waals surface area contributed by atoms with Crippen LogP contribution in [0.2, 0.25) is 0 Å². The van der Waals surface area contributed by atoms with Crippen LogP contribution in [0, 0.1) is 6.92 Å². The average molecular weight is 513 g/mol. The molecule has 0 aliphatic rings. The molecule has 7 aromatic rings. The summed E-state index contributed by atoms with van der Waals surface area (Å²) in [6, 6.07) is 53.8. The highest BCUT2D eigenvalue weighted by Crippen LogP contribution is 2.44. The van der Waals surface area contributed by atoms with E-state index in [-0.39, 0.29) is 0 Å². The number of rotatable bonds is 5. The molecule has 2 nitrogen and oxygen atoms in total. The Morgan fingerprint density at radius 1 is 0.400 bits per heavy atom. The van der Waals surface area contributed by atoms with Gasteiger partial charge in [-0.15, -0.1) is 0 Å². The maximum Gasteiger partial charge on any atom is 0.137 e. The summed E-state index contributed by atoms with van der Waals surface area (Å²) in [5, 5.41) is 5.05. The predicted octanol–water partition coefficient (Wildman–Crippen LogP) is 10.5. The monoisotopic (exact) mass is 512 g/mol. The van der Waals surface area contributed by atoms with E-state index in [0.29, 0.717) is 0 Å². The SMILES string of the molecule is Cc1cccc(N(c2ccccc2)c2ccc(-c3c4ccccc4c(-c4ccccc4)c4ccccc34)cc2)n1. The van der Waals surface area contributed by atoms with Gasteiger partial charge in [-0.3, -0.25) is 4.90 Å². The summed E-state index contributed by atoms with van der Waals surface area (Å²) in [7, 11) is 0. The first kappa shape index (κ1) is 23.9. The quantitative estimate of drug-likeness (QED) is 0.213. The Morgan fingerprint density at radius 3 is 1.38 bits per heavy atom. The smallest absolute Gasteiger partial charge is 0.137 e. The average Bonchev–Trinajstić information content (AvgIpc) is 3.01. The number of benzene rings is 6. The van der Waals surface area contributed by atoms with Crippen molar-refractivity contribution in [2.24, 2.45) is 0 Å². The van der Waals surface area contributed by atoms with Gasteiger partial charge in [-0.25, -0.2) is 4.98 Å². The lowest BCUT2D eigenvalue weighted by molar-refractivity contribution is 1.13. The maximum absolute atomic E-state index is 4.85. The molecule has 0 aliphatic heterocycles. The van der Waals surface area contributed by atoms with E-state index in [1.54, 1.807) is 0 Å². The van der Waals surface area contributed by atoms with E-state index in [1.165, 1.54) is 43.8 Å². The Bertz CT molecular complexity index is 1890. The van der Waals surface area contributed by atoms with Gasteiger partial charge in [0.15, 0.2) is 0 Å². The molecule has 6 aromatic carbocycles. The molecule has 1 aromatic heterocycles. The van der Waals surface area contributed by atoms with Gasteiger partial charge in [0.1, 0.15) is 5.82 Å². The van der Waals surface area contributed by atoms with Crippen LogP contribution in [0.25, 0.3) is 43.8 Å². The number of aromatic nitrogens is 1. The molecule has 0 aliphatic carbocycles. The summed E-state index contributed by atoms with van der Waals surface area (Å²) >= 11 is 0. The number of fused-ring (bicyclic) bond motifs is 2. The van der Waals surface area contributed by atoms with Crippen LogP contribution in [0.5, 0.6) is 0 Å². The molecule has 0 amide bonds. The molecule has 1 heterocycles. The molecular formula is C38H28N2. The van der Waals surface area contributed by atoms with Crippen molar-refractivity contribution in [3.8, 4) is 22.3 Å². The fourth-order valence-corrected chi connectivity index (χ4v) is 5.78. The number of nitrogens with zero attached hydrogens (tertiary/aromatic N) is 2. The third-order valence-electron chi connectivity index (χ3n) is 7.53. The first-order valence-corrected chi connectivity index (χ1v) is 13.7. The Morgan fingerprint density at radius 2 is 0.850 bits per heavy atom. The van der Waals surface area contributed by atoms with Gasteiger partial charge in [0.05, 0.1) is 0 Å². The number of aryl methyl sites for hydroxylation is 1. The second-order valence-electron chi connectivity index (χ2n) is 10.1. The van der Waals surface area contributed by atoms with Crippen LogP contribution in [0.15, 0.2) is 152 Å². The lowest BCUT2D eigenvalue weighted by Crippen LogP contribution is -2.11. The van der Waals surface area contributed by atoms with E-state index >= 15 is 0 Å². The fourth-order valence-electron chi connectivity index (χ4n) is 5.78. The van der Waals surface area contributed by atoms with Crippen LogP contribution in [-0.4, -0.2) is 4.98 Å². The van der Waals surface area contributed by atoms with Crippen molar-refractivity contribution >= 4 is 38.7 Å². The van der Waals surface area contributed by atoms with E-state index in [4.69, 9.17) is 4.98 Å². The first-order chi connectivity index (χ1) is 19.8. The fraction of sp³-hybridized carbons (Fsp3) is 0.0263. The van der Waals surface area contributed by atoms with Gasteiger partial charge in [-0.05, 0) is 87.1 Å². The van der Waals surface area contributed by atoms with E-state index in [1.807, 2.05) is 19.1 Å². The number of hydrogen-bond donors (Lipinski definition) is 0. The molecule has 0 saturated carbocycles. The van der Waals surface area contributed by atoms with Crippen LogP contribution in [0.3, 0.4) is 0 Å². The molecule has 190 valence electrons. The second kappa shape index (κ2) is 10.2. The highest BCUT2D eigenvalue weighted by Gasteiger charge is 2.18. The predicted molar refractivity (Wildman–Crippen MR) is 170 cm³/mol. The summed E-state index contributed by atoms with van der Waals surface area (Å²) in [6.07, 6.45) is 0. The zero-order chi connectivity index (χ0) is 26.9. The second-order valence-corrected chi connectivity index (χ2v) is 10.1. The number of anilines is 3.